The first-order valence-electron chi connectivity index (χ1n) is 6.44. The van der Waals surface area contributed by atoms with E-state index < -0.39 is 10.8 Å². The van der Waals surface area contributed by atoms with Gasteiger partial charge in [-0.25, -0.2) is 0 Å². The number of rotatable bonds is 4. The summed E-state index contributed by atoms with van der Waals surface area (Å²) in [5, 5.41) is 3.44. The molecule has 1 heterocycles. The molecule has 1 aromatic carbocycles. The lowest BCUT2D eigenvalue weighted by Crippen LogP contribution is -2.29. The fourth-order valence-corrected chi connectivity index (χ4v) is 3.43. The van der Waals surface area contributed by atoms with Crippen LogP contribution in [-0.4, -0.2) is 27.5 Å². The number of ketones is 1. The molecule has 18 heavy (non-hydrogen) atoms. The first-order chi connectivity index (χ1) is 8.69. The Kier molecular flexibility index (Phi) is 4.53. The van der Waals surface area contributed by atoms with E-state index in [4.69, 9.17) is 0 Å². The van der Waals surface area contributed by atoms with E-state index in [0.29, 0.717) is 12.5 Å². The average Bonchev–Trinajstić information content (AvgIpc) is 2.41. The predicted octanol–water partition coefficient (Wildman–Crippen LogP) is 2.60. The molecule has 2 rings (SSSR count). The van der Waals surface area contributed by atoms with Gasteiger partial charge in [-0.1, -0.05) is 6.92 Å². The zero-order valence-corrected chi connectivity index (χ0v) is 11.5. The van der Waals surface area contributed by atoms with E-state index in [9.17, 15) is 9.00 Å². The maximum absolute atomic E-state index is 11.5. The van der Waals surface area contributed by atoms with Gasteiger partial charge in [-0.3, -0.25) is 9.00 Å². The Bertz CT molecular complexity index is 432. The van der Waals surface area contributed by atoms with Gasteiger partial charge >= 0.3 is 0 Å². The van der Waals surface area contributed by atoms with E-state index in [1.807, 2.05) is 31.2 Å². The Morgan fingerprint density at radius 3 is 2.44 bits per heavy atom. The number of nitrogens with one attached hydrogen (secondary N) is 1. The first kappa shape index (κ1) is 13.3. The van der Waals surface area contributed by atoms with Crippen LogP contribution in [-0.2, 0) is 10.8 Å². The highest BCUT2D eigenvalue weighted by atomic mass is 32.2. The van der Waals surface area contributed by atoms with E-state index in [1.165, 1.54) is 0 Å². The van der Waals surface area contributed by atoms with Gasteiger partial charge < -0.3 is 5.32 Å². The van der Waals surface area contributed by atoms with Crippen molar-refractivity contribution in [1.29, 1.82) is 0 Å². The SMILES string of the molecule is CCC(=O)c1ccc(NC2CCS(=O)CC2)cc1. The highest BCUT2D eigenvalue weighted by molar-refractivity contribution is 7.85. The quantitative estimate of drug-likeness (QED) is 0.851. The highest BCUT2D eigenvalue weighted by Gasteiger charge is 2.17. The fourth-order valence-electron chi connectivity index (χ4n) is 2.13. The minimum atomic E-state index is -0.615. The van der Waals surface area contributed by atoms with Crippen molar-refractivity contribution in [3.63, 3.8) is 0 Å². The van der Waals surface area contributed by atoms with Gasteiger partial charge in [0, 0.05) is 46.0 Å². The normalized spacial score (nSPS) is 23.6. The highest BCUT2D eigenvalue weighted by Crippen LogP contribution is 2.17. The molecule has 0 unspecified atom stereocenters. The molecule has 3 nitrogen and oxygen atoms in total. The van der Waals surface area contributed by atoms with Crippen molar-refractivity contribution in [2.24, 2.45) is 0 Å². The molecule has 0 spiro atoms. The molecule has 0 saturated carbocycles. The molecule has 1 fully saturated rings. The van der Waals surface area contributed by atoms with E-state index in [2.05, 4.69) is 5.32 Å². The fraction of sp³-hybridized carbons (Fsp3) is 0.500. The van der Waals surface area contributed by atoms with E-state index in [1.54, 1.807) is 0 Å². The van der Waals surface area contributed by atoms with Crippen LogP contribution in [0.4, 0.5) is 5.69 Å². The minimum Gasteiger partial charge on any atom is -0.382 e. The molecular weight excluding hydrogens is 246 g/mol. The zero-order chi connectivity index (χ0) is 13.0. The summed E-state index contributed by atoms with van der Waals surface area (Å²) >= 11 is 0. The largest absolute Gasteiger partial charge is 0.382 e. The number of benzene rings is 1. The lowest BCUT2D eigenvalue weighted by atomic mass is 10.1. The second-order valence-electron chi connectivity index (χ2n) is 4.62. The Balaban J connectivity index is 1.94. The van der Waals surface area contributed by atoms with Crippen LogP contribution < -0.4 is 5.32 Å². The van der Waals surface area contributed by atoms with Gasteiger partial charge in [0.2, 0.25) is 0 Å². The molecule has 0 aliphatic carbocycles. The third kappa shape index (κ3) is 3.42. The van der Waals surface area contributed by atoms with E-state index in [0.717, 1.165) is 35.6 Å². The third-order valence-corrected chi connectivity index (χ3v) is 4.67. The first-order valence-corrected chi connectivity index (χ1v) is 7.92. The zero-order valence-electron chi connectivity index (χ0n) is 10.6. The average molecular weight is 265 g/mol. The van der Waals surface area contributed by atoms with Crippen molar-refractivity contribution in [3.05, 3.63) is 29.8 Å². The standard InChI is InChI=1S/C14H19NO2S/c1-2-14(16)11-3-5-12(6-4-11)15-13-7-9-18(17)10-8-13/h3-6,13,15H,2,7-10H2,1H3. The van der Waals surface area contributed by atoms with E-state index >= 15 is 0 Å². The summed E-state index contributed by atoms with van der Waals surface area (Å²) in [6.45, 7) is 1.87. The number of hydrogen-bond acceptors (Lipinski definition) is 3. The topological polar surface area (TPSA) is 46.2 Å². The van der Waals surface area contributed by atoms with Crippen LogP contribution in [0.1, 0.15) is 36.5 Å². The predicted molar refractivity (Wildman–Crippen MR) is 75.6 cm³/mol. The van der Waals surface area contributed by atoms with Crippen molar-refractivity contribution < 1.29 is 9.00 Å². The maximum atomic E-state index is 11.5. The van der Waals surface area contributed by atoms with Crippen LogP contribution in [0.2, 0.25) is 0 Å². The number of carbonyl (C=O) groups is 1. The molecule has 0 radical (unpaired) electrons. The summed E-state index contributed by atoms with van der Waals surface area (Å²) in [4.78, 5) is 11.5. The van der Waals surface area contributed by atoms with Crippen molar-refractivity contribution in [1.82, 2.24) is 0 Å². The molecule has 1 N–H and O–H groups in total. The van der Waals surface area contributed by atoms with Crippen LogP contribution in [0.15, 0.2) is 24.3 Å². The molecule has 0 bridgehead atoms. The number of carbonyl (C=O) groups excluding carboxylic acids is 1. The number of anilines is 1. The monoisotopic (exact) mass is 265 g/mol. The minimum absolute atomic E-state index is 0.176. The molecule has 98 valence electrons. The molecule has 1 saturated heterocycles. The van der Waals surface area contributed by atoms with Crippen LogP contribution >= 0.6 is 0 Å². The van der Waals surface area contributed by atoms with Crippen molar-refractivity contribution in [3.8, 4) is 0 Å². The number of Topliss-reactive ketones (excluding diaryl/α,β-unsaturated/α-hetero) is 1. The lowest BCUT2D eigenvalue weighted by molar-refractivity contribution is 0.0988. The van der Waals surface area contributed by atoms with Crippen molar-refractivity contribution >= 4 is 22.3 Å². The molecule has 1 aliphatic rings. The van der Waals surface area contributed by atoms with Crippen LogP contribution in [0, 0.1) is 0 Å². The molecular formula is C14H19NO2S. The molecule has 0 atom stereocenters. The van der Waals surface area contributed by atoms with Gasteiger partial charge in [-0.2, -0.15) is 0 Å². The van der Waals surface area contributed by atoms with Gasteiger partial charge in [-0.15, -0.1) is 0 Å². The second kappa shape index (κ2) is 6.14. The van der Waals surface area contributed by atoms with Gasteiger partial charge in [0.25, 0.3) is 0 Å². The Morgan fingerprint density at radius 1 is 1.28 bits per heavy atom. The second-order valence-corrected chi connectivity index (χ2v) is 6.32. The Hall–Kier alpha value is -1.16. The van der Waals surface area contributed by atoms with Crippen LogP contribution in [0.5, 0.6) is 0 Å². The van der Waals surface area contributed by atoms with Gasteiger partial charge in [0.15, 0.2) is 5.78 Å². The summed E-state index contributed by atoms with van der Waals surface area (Å²) in [7, 11) is -0.615. The Morgan fingerprint density at radius 2 is 1.89 bits per heavy atom. The molecule has 4 heteroatoms. The van der Waals surface area contributed by atoms with Gasteiger partial charge in [-0.05, 0) is 37.1 Å². The van der Waals surface area contributed by atoms with E-state index in [-0.39, 0.29) is 5.78 Å². The Labute approximate surface area is 110 Å². The smallest absolute Gasteiger partial charge is 0.162 e. The summed E-state index contributed by atoms with van der Waals surface area (Å²) in [6.07, 6.45) is 2.46. The van der Waals surface area contributed by atoms with Crippen molar-refractivity contribution in [2.45, 2.75) is 32.2 Å². The summed E-state index contributed by atoms with van der Waals surface area (Å²) in [6, 6.07) is 8.06. The summed E-state index contributed by atoms with van der Waals surface area (Å²) in [5.41, 5.74) is 1.81. The molecule has 0 aromatic heterocycles. The number of hydrogen-bond donors (Lipinski definition) is 1. The van der Waals surface area contributed by atoms with Gasteiger partial charge in [0.1, 0.15) is 0 Å². The molecule has 0 amide bonds. The van der Waals surface area contributed by atoms with Gasteiger partial charge in [0.05, 0.1) is 0 Å². The van der Waals surface area contributed by atoms with Crippen LogP contribution in [0.25, 0.3) is 0 Å². The summed E-state index contributed by atoms with van der Waals surface area (Å²) in [5.74, 6) is 1.77. The third-order valence-electron chi connectivity index (χ3n) is 3.29. The van der Waals surface area contributed by atoms with Crippen molar-refractivity contribution in [2.75, 3.05) is 16.8 Å². The maximum Gasteiger partial charge on any atom is 0.162 e. The molecule has 1 aromatic rings. The lowest BCUT2D eigenvalue weighted by Gasteiger charge is -2.23. The summed E-state index contributed by atoms with van der Waals surface area (Å²) < 4.78 is 11.3. The molecule has 1 aliphatic heterocycles. The van der Waals surface area contributed by atoms with Crippen LogP contribution in [0.3, 0.4) is 0 Å².